The number of hydrogen-bond donors (Lipinski definition) is 2. The highest BCUT2D eigenvalue weighted by molar-refractivity contribution is 7.86. The number of fused-ring (bicyclic) bond motifs is 2. The first-order valence-electron chi connectivity index (χ1n) is 12.5. The molecule has 0 aliphatic carbocycles. The molecule has 0 fully saturated rings. The fourth-order valence-corrected chi connectivity index (χ4v) is 7.91. The highest BCUT2D eigenvalue weighted by Gasteiger charge is 2.30. The number of benzene rings is 4. The third kappa shape index (κ3) is 6.08. The van der Waals surface area contributed by atoms with E-state index < -0.39 is 21.9 Å². The number of halogens is 3. The molecule has 0 atom stereocenters. The smallest absolute Gasteiger partial charge is 0.344 e. The molecular formula is C30H22F3N3O4S3. The van der Waals surface area contributed by atoms with Crippen molar-refractivity contribution in [3.05, 3.63) is 101 Å². The van der Waals surface area contributed by atoms with Gasteiger partial charge in [0.1, 0.15) is 14.9 Å². The largest absolute Gasteiger partial charge is 0.416 e. The van der Waals surface area contributed by atoms with Crippen molar-refractivity contribution >= 4 is 59.0 Å². The van der Waals surface area contributed by atoms with Crippen LogP contribution in [0.3, 0.4) is 0 Å². The molecule has 7 nitrogen and oxygen atoms in total. The molecule has 220 valence electrons. The van der Waals surface area contributed by atoms with Gasteiger partial charge in [0.15, 0.2) is 5.78 Å². The number of carbonyl (C=O) groups excluding carboxylic acids is 1. The maximum Gasteiger partial charge on any atom is 0.416 e. The lowest BCUT2D eigenvalue weighted by Gasteiger charge is -2.07. The Balaban J connectivity index is 0.00000368. The highest BCUT2D eigenvalue weighted by atomic mass is 32.2. The van der Waals surface area contributed by atoms with E-state index in [2.05, 4.69) is 4.98 Å². The lowest BCUT2D eigenvalue weighted by molar-refractivity contribution is -0.137. The molecule has 0 saturated heterocycles. The van der Waals surface area contributed by atoms with Crippen LogP contribution in [0.5, 0.6) is 0 Å². The summed E-state index contributed by atoms with van der Waals surface area (Å²) >= 11 is 2.66. The van der Waals surface area contributed by atoms with E-state index in [-0.39, 0.29) is 28.8 Å². The molecular weight excluding hydrogens is 620 g/mol. The number of aryl methyl sites for hydroxylation is 1. The topological polar surface area (TPSA) is 132 Å². The number of alkyl halides is 3. The van der Waals surface area contributed by atoms with Gasteiger partial charge in [0.2, 0.25) is 0 Å². The van der Waals surface area contributed by atoms with Crippen LogP contribution < -0.4 is 6.15 Å². The standard InChI is InChI=1S/C30H19F3N2O4S3.H3N/c1-16-2-12-23-26(27(16)42(37,38)39)41-29(35-23)20-9-13-22-25(15-20)40-28(34-22)19-5-3-17(4-6-19)14-24(36)18-7-10-21(11-8-18)30(31,32)33;/h2-13,15H,14H2,1H3,(H,37,38,39);1H3. The fraction of sp³-hybridized carbons (Fsp3) is 0.100. The Morgan fingerprint density at radius 3 is 2.09 bits per heavy atom. The molecule has 0 radical (unpaired) electrons. The normalized spacial score (nSPS) is 12.0. The summed E-state index contributed by atoms with van der Waals surface area (Å²) in [6.07, 6.45) is -4.40. The number of carbonyl (C=O) groups is 1. The van der Waals surface area contributed by atoms with Crippen molar-refractivity contribution in [3.8, 4) is 21.1 Å². The average Bonchev–Trinajstić information content (AvgIpc) is 3.56. The van der Waals surface area contributed by atoms with Gasteiger partial charge in [-0.25, -0.2) is 9.97 Å². The Hall–Kier alpha value is -4.01. The Morgan fingerprint density at radius 1 is 0.837 bits per heavy atom. The molecule has 0 spiro atoms. The molecule has 0 aliphatic heterocycles. The number of hydrogen-bond acceptors (Lipinski definition) is 8. The van der Waals surface area contributed by atoms with E-state index in [0.29, 0.717) is 20.8 Å². The zero-order chi connectivity index (χ0) is 29.8. The molecule has 2 heterocycles. The van der Waals surface area contributed by atoms with Crippen molar-refractivity contribution in [1.82, 2.24) is 16.1 Å². The van der Waals surface area contributed by atoms with Gasteiger partial charge in [-0.1, -0.05) is 42.5 Å². The zero-order valence-corrected chi connectivity index (χ0v) is 24.8. The van der Waals surface area contributed by atoms with E-state index in [1.165, 1.54) is 34.8 Å². The number of nitrogens with zero attached hydrogens (tertiary/aromatic N) is 2. The van der Waals surface area contributed by atoms with Crippen molar-refractivity contribution in [1.29, 1.82) is 0 Å². The van der Waals surface area contributed by atoms with Gasteiger partial charge in [-0.2, -0.15) is 21.6 Å². The number of rotatable bonds is 6. The summed E-state index contributed by atoms with van der Waals surface area (Å²) in [6, 6.07) is 20.5. The Morgan fingerprint density at radius 2 is 1.44 bits per heavy atom. The minimum Gasteiger partial charge on any atom is -0.344 e. The Bertz CT molecular complexity index is 2100. The van der Waals surface area contributed by atoms with Gasteiger partial charge < -0.3 is 6.15 Å². The predicted octanol–water partition coefficient (Wildman–Crippen LogP) is 8.40. The van der Waals surface area contributed by atoms with Gasteiger partial charge in [-0.3, -0.25) is 9.35 Å². The monoisotopic (exact) mass is 641 g/mol. The van der Waals surface area contributed by atoms with Gasteiger partial charge >= 0.3 is 6.18 Å². The molecule has 6 rings (SSSR count). The van der Waals surface area contributed by atoms with Crippen LogP contribution in [0.1, 0.15) is 27.0 Å². The minimum atomic E-state index is -4.45. The van der Waals surface area contributed by atoms with Gasteiger partial charge in [0.05, 0.1) is 26.0 Å². The van der Waals surface area contributed by atoms with Crippen molar-refractivity contribution in [2.45, 2.75) is 24.4 Å². The molecule has 6 aromatic rings. The van der Waals surface area contributed by atoms with Crippen LogP contribution in [0, 0.1) is 6.92 Å². The molecule has 0 unspecified atom stereocenters. The summed E-state index contributed by atoms with van der Waals surface area (Å²) in [7, 11) is -4.42. The number of Topliss-reactive ketones (excluding diaryl/α,β-unsaturated/α-hetero) is 1. The van der Waals surface area contributed by atoms with Gasteiger partial charge in [0.25, 0.3) is 10.1 Å². The molecule has 0 amide bonds. The Labute approximate surface area is 252 Å². The van der Waals surface area contributed by atoms with Crippen LogP contribution in [-0.2, 0) is 22.7 Å². The van der Waals surface area contributed by atoms with E-state index in [0.717, 1.165) is 44.0 Å². The molecule has 43 heavy (non-hydrogen) atoms. The summed E-state index contributed by atoms with van der Waals surface area (Å²) < 4.78 is 73.4. The average molecular weight is 642 g/mol. The van der Waals surface area contributed by atoms with Crippen LogP contribution in [-0.4, -0.2) is 28.7 Å². The van der Waals surface area contributed by atoms with Crippen LogP contribution in [0.15, 0.2) is 83.8 Å². The van der Waals surface area contributed by atoms with Gasteiger partial charge in [-0.05, 0) is 54.4 Å². The first-order chi connectivity index (χ1) is 19.9. The molecule has 2 aromatic heterocycles. The SMILES string of the molecule is Cc1ccc2nc(-c3ccc4nc(-c5ccc(CC(=O)c6ccc(C(F)(F)F)cc6)cc5)sc4c3)sc2c1S(=O)(=O)O.N. The van der Waals surface area contributed by atoms with Crippen LogP contribution >= 0.6 is 22.7 Å². The quantitative estimate of drug-likeness (QED) is 0.138. The van der Waals surface area contributed by atoms with E-state index in [1.807, 2.05) is 30.3 Å². The molecule has 0 bridgehead atoms. The fourth-order valence-electron chi connectivity index (χ4n) is 4.59. The molecule has 4 N–H and O–H groups in total. The molecule has 13 heteroatoms. The minimum absolute atomic E-state index is 0. The number of thiazole rings is 2. The maximum absolute atomic E-state index is 12.8. The van der Waals surface area contributed by atoms with E-state index in [4.69, 9.17) is 4.98 Å². The van der Waals surface area contributed by atoms with Crippen molar-refractivity contribution < 1.29 is 30.9 Å². The lowest BCUT2D eigenvalue weighted by atomic mass is 10.0. The van der Waals surface area contributed by atoms with Crippen molar-refractivity contribution in [2.75, 3.05) is 0 Å². The summed E-state index contributed by atoms with van der Waals surface area (Å²) in [6.45, 7) is 1.62. The highest BCUT2D eigenvalue weighted by Crippen LogP contribution is 2.38. The molecule has 4 aromatic carbocycles. The van der Waals surface area contributed by atoms with Crippen LogP contribution in [0.25, 0.3) is 41.6 Å². The molecule has 0 aliphatic rings. The first-order valence-corrected chi connectivity index (χ1v) is 15.5. The summed E-state index contributed by atoms with van der Waals surface area (Å²) in [5, 5.41) is 1.37. The van der Waals surface area contributed by atoms with Crippen molar-refractivity contribution in [2.24, 2.45) is 0 Å². The second-order valence-corrected chi connectivity index (χ2v) is 13.0. The van der Waals surface area contributed by atoms with E-state index in [1.54, 1.807) is 31.2 Å². The van der Waals surface area contributed by atoms with Gasteiger partial charge in [-0.15, -0.1) is 22.7 Å². The third-order valence-corrected chi connectivity index (χ3v) is 10.1. The predicted molar refractivity (Wildman–Crippen MR) is 163 cm³/mol. The maximum atomic E-state index is 12.8. The van der Waals surface area contributed by atoms with Crippen LogP contribution in [0.4, 0.5) is 13.2 Å². The summed E-state index contributed by atoms with van der Waals surface area (Å²) in [5.41, 5.74) is 3.47. The van der Waals surface area contributed by atoms with Crippen LogP contribution in [0.2, 0.25) is 0 Å². The van der Waals surface area contributed by atoms with Gasteiger partial charge in [0, 0.05) is 23.1 Å². The van der Waals surface area contributed by atoms with E-state index >= 15 is 0 Å². The Kier molecular flexibility index (Phi) is 7.96. The third-order valence-electron chi connectivity index (χ3n) is 6.70. The second-order valence-electron chi connectivity index (χ2n) is 9.63. The van der Waals surface area contributed by atoms with Crippen molar-refractivity contribution in [3.63, 3.8) is 0 Å². The second kappa shape index (κ2) is 11.2. The zero-order valence-electron chi connectivity index (χ0n) is 22.3. The summed E-state index contributed by atoms with van der Waals surface area (Å²) in [4.78, 5) is 21.8. The number of ketones is 1. The van der Waals surface area contributed by atoms with E-state index in [9.17, 15) is 30.9 Å². The summed E-state index contributed by atoms with van der Waals surface area (Å²) in [5.74, 6) is -0.280. The first kappa shape index (κ1) is 30.4. The number of aromatic nitrogens is 2. The lowest BCUT2D eigenvalue weighted by Crippen LogP contribution is -2.07. The molecule has 0 saturated carbocycles.